The van der Waals surface area contributed by atoms with Gasteiger partial charge in [-0.05, 0) is 50.1 Å². The monoisotopic (exact) mass is 494 g/mol. The number of hydrogen-bond acceptors (Lipinski definition) is 8. The molecule has 2 fully saturated rings. The average molecular weight is 495 g/mol. The molecule has 2 aliphatic rings. The van der Waals surface area contributed by atoms with E-state index in [2.05, 4.69) is 4.98 Å². The maximum Gasteiger partial charge on any atom is 0.410 e. The average Bonchev–Trinajstić information content (AvgIpc) is 3.13. The molecule has 0 saturated carbocycles. The third-order valence-corrected chi connectivity index (χ3v) is 7.65. The van der Waals surface area contributed by atoms with Crippen LogP contribution in [0.25, 0.3) is 0 Å². The molecule has 0 radical (unpaired) electrons. The van der Waals surface area contributed by atoms with Crippen molar-refractivity contribution in [3.63, 3.8) is 0 Å². The molecule has 3 unspecified atom stereocenters. The molecule has 4 rings (SSSR count). The first-order chi connectivity index (χ1) is 16.3. The van der Waals surface area contributed by atoms with Crippen LogP contribution >= 0.6 is 0 Å². The van der Waals surface area contributed by atoms with Gasteiger partial charge in [0.05, 0.1) is 18.8 Å². The summed E-state index contributed by atoms with van der Waals surface area (Å²) in [5.41, 5.74) is 1.52. The number of carbonyl (C=O) groups is 2. The summed E-state index contributed by atoms with van der Waals surface area (Å²) in [6.07, 6.45) is 1.30. The van der Waals surface area contributed by atoms with Crippen molar-refractivity contribution in [2.45, 2.75) is 42.8 Å². The fraction of sp³-hybridized carbons (Fsp3) is 0.381. The summed E-state index contributed by atoms with van der Waals surface area (Å²) in [7, 11) is -4.23. The molecule has 2 bridgehead atoms. The van der Waals surface area contributed by atoms with Gasteiger partial charge in [0.25, 0.3) is 5.91 Å². The lowest BCUT2D eigenvalue weighted by atomic mass is 10.1. The number of hydrogen-bond donors (Lipinski definition) is 2. The van der Waals surface area contributed by atoms with Gasteiger partial charge in [-0.2, -0.15) is 4.31 Å². The first-order valence-corrected chi connectivity index (χ1v) is 12.0. The molecule has 2 saturated heterocycles. The van der Waals surface area contributed by atoms with E-state index in [1.165, 1.54) is 46.8 Å². The SMILES string of the molecule is CCOC(=O)N1C2CCC1C(C(=O)NO)N(S(=O)(=O)c1ccc(Oc3ccc(F)cc3)nc1)C2. The molecule has 2 aromatic rings. The summed E-state index contributed by atoms with van der Waals surface area (Å²) in [5.74, 6) is -0.981. The van der Waals surface area contributed by atoms with Crippen LogP contribution in [0.5, 0.6) is 11.6 Å². The highest BCUT2D eigenvalue weighted by atomic mass is 32.2. The highest BCUT2D eigenvalue weighted by molar-refractivity contribution is 7.89. The molecule has 11 nitrogen and oxygen atoms in total. The van der Waals surface area contributed by atoms with Gasteiger partial charge in [-0.25, -0.2) is 28.1 Å². The Morgan fingerprint density at radius 2 is 1.94 bits per heavy atom. The number of pyridine rings is 1. The van der Waals surface area contributed by atoms with E-state index in [0.29, 0.717) is 18.6 Å². The fourth-order valence-electron chi connectivity index (χ4n) is 4.35. The Bertz CT molecular complexity index is 1160. The summed E-state index contributed by atoms with van der Waals surface area (Å²) in [6, 6.07) is 5.21. The van der Waals surface area contributed by atoms with Crippen LogP contribution in [0.4, 0.5) is 9.18 Å². The zero-order valence-corrected chi connectivity index (χ0v) is 18.9. The van der Waals surface area contributed by atoms with Gasteiger partial charge in [-0.3, -0.25) is 14.9 Å². The van der Waals surface area contributed by atoms with E-state index in [9.17, 15) is 27.6 Å². The number of carbonyl (C=O) groups excluding carboxylic acids is 2. The summed E-state index contributed by atoms with van der Waals surface area (Å²) in [5, 5.41) is 9.28. The predicted molar refractivity (Wildman–Crippen MR) is 114 cm³/mol. The minimum absolute atomic E-state index is 0.0856. The fourth-order valence-corrected chi connectivity index (χ4v) is 5.96. The minimum Gasteiger partial charge on any atom is -0.450 e. The Labute approximate surface area is 195 Å². The van der Waals surface area contributed by atoms with Crippen LogP contribution in [0.3, 0.4) is 0 Å². The predicted octanol–water partition coefficient (Wildman–Crippen LogP) is 1.88. The molecule has 1 aromatic carbocycles. The Kier molecular flexibility index (Phi) is 6.68. The second kappa shape index (κ2) is 9.52. The lowest BCUT2D eigenvalue weighted by Gasteiger charge is -2.44. The van der Waals surface area contributed by atoms with Crippen molar-refractivity contribution >= 4 is 22.0 Å². The molecular formula is C21H23FN4O7S. The van der Waals surface area contributed by atoms with Gasteiger partial charge >= 0.3 is 6.09 Å². The van der Waals surface area contributed by atoms with Gasteiger partial charge < -0.3 is 9.47 Å². The number of sulfonamides is 1. The van der Waals surface area contributed by atoms with E-state index in [1.807, 2.05) is 0 Å². The quantitative estimate of drug-likeness (QED) is 0.459. The molecular weight excluding hydrogens is 471 g/mol. The molecule has 0 aliphatic carbocycles. The molecule has 2 aliphatic heterocycles. The number of rotatable bonds is 6. The van der Waals surface area contributed by atoms with Gasteiger partial charge in [0.2, 0.25) is 15.9 Å². The lowest BCUT2D eigenvalue weighted by Crippen LogP contribution is -2.66. The first-order valence-electron chi connectivity index (χ1n) is 10.6. The van der Waals surface area contributed by atoms with Gasteiger partial charge in [-0.15, -0.1) is 0 Å². The van der Waals surface area contributed by atoms with Gasteiger partial charge in [0.15, 0.2) is 0 Å². The van der Waals surface area contributed by atoms with E-state index in [-0.39, 0.29) is 23.9 Å². The van der Waals surface area contributed by atoms with E-state index < -0.39 is 46.0 Å². The van der Waals surface area contributed by atoms with Crippen molar-refractivity contribution in [2.75, 3.05) is 13.2 Å². The largest absolute Gasteiger partial charge is 0.450 e. The van der Waals surface area contributed by atoms with E-state index >= 15 is 0 Å². The van der Waals surface area contributed by atoms with Crippen molar-refractivity contribution in [1.82, 2.24) is 19.7 Å². The van der Waals surface area contributed by atoms with Crippen molar-refractivity contribution < 1.29 is 37.1 Å². The molecule has 2 amide bonds. The van der Waals surface area contributed by atoms with E-state index in [4.69, 9.17) is 9.47 Å². The number of amides is 2. The summed E-state index contributed by atoms with van der Waals surface area (Å²) >= 11 is 0. The van der Waals surface area contributed by atoms with Crippen LogP contribution in [0.2, 0.25) is 0 Å². The van der Waals surface area contributed by atoms with Crippen molar-refractivity contribution in [3.05, 3.63) is 48.4 Å². The lowest BCUT2D eigenvalue weighted by molar-refractivity contribution is -0.136. The third-order valence-electron chi connectivity index (χ3n) is 5.82. The number of nitrogens with one attached hydrogen (secondary N) is 1. The highest BCUT2D eigenvalue weighted by Crippen LogP contribution is 2.38. The standard InChI is InChI=1S/C21H23FN4O7S/c1-2-32-21(28)26-14-5-9-17(26)19(20(27)24-29)25(12-14)34(30,31)16-8-10-18(23-11-16)33-15-6-3-13(22)4-7-15/h3-4,6-8,10-11,14,17,19,29H,2,5,9,12H2,1H3,(H,24,27). The highest BCUT2D eigenvalue weighted by Gasteiger charge is 2.55. The van der Waals surface area contributed by atoms with E-state index in [1.54, 1.807) is 6.92 Å². The van der Waals surface area contributed by atoms with Crippen LogP contribution in [-0.4, -0.2) is 71.1 Å². The third kappa shape index (κ3) is 4.41. The molecule has 1 aromatic heterocycles. The van der Waals surface area contributed by atoms with Crippen LogP contribution in [0, 0.1) is 5.82 Å². The van der Waals surface area contributed by atoms with E-state index in [0.717, 1.165) is 10.5 Å². The Balaban J connectivity index is 1.60. The normalized spacial score (nSPS) is 22.3. The van der Waals surface area contributed by atoms with Crippen LogP contribution < -0.4 is 10.2 Å². The van der Waals surface area contributed by atoms with Crippen LogP contribution in [0.15, 0.2) is 47.5 Å². The van der Waals surface area contributed by atoms with Crippen LogP contribution in [0.1, 0.15) is 19.8 Å². The number of hydroxylamine groups is 1. The summed E-state index contributed by atoms with van der Waals surface area (Å²) in [6.45, 7) is 1.63. The number of benzene rings is 1. The summed E-state index contributed by atoms with van der Waals surface area (Å²) < 4.78 is 51.5. The Morgan fingerprint density at radius 1 is 1.21 bits per heavy atom. The number of aromatic nitrogens is 1. The van der Waals surface area contributed by atoms with Gasteiger partial charge in [0, 0.05) is 18.7 Å². The maximum absolute atomic E-state index is 13.5. The molecule has 3 heterocycles. The summed E-state index contributed by atoms with van der Waals surface area (Å²) in [4.78, 5) is 30.2. The maximum atomic E-state index is 13.5. The van der Waals surface area contributed by atoms with Crippen LogP contribution in [-0.2, 0) is 19.6 Å². The molecule has 182 valence electrons. The number of ether oxygens (including phenoxy) is 2. The minimum atomic E-state index is -4.23. The molecule has 3 atom stereocenters. The second-order valence-electron chi connectivity index (χ2n) is 7.79. The molecule has 13 heteroatoms. The smallest absolute Gasteiger partial charge is 0.410 e. The molecule has 0 spiro atoms. The second-order valence-corrected chi connectivity index (χ2v) is 9.68. The topological polar surface area (TPSA) is 138 Å². The van der Waals surface area contributed by atoms with Crippen molar-refractivity contribution in [3.8, 4) is 11.6 Å². The zero-order chi connectivity index (χ0) is 24.5. The Morgan fingerprint density at radius 3 is 2.56 bits per heavy atom. The molecule has 2 N–H and O–H groups in total. The van der Waals surface area contributed by atoms with Crippen molar-refractivity contribution in [2.24, 2.45) is 0 Å². The Hall–Kier alpha value is -3.29. The number of piperazine rings is 1. The zero-order valence-electron chi connectivity index (χ0n) is 18.1. The first kappa shape index (κ1) is 23.9. The van der Waals surface area contributed by atoms with Gasteiger partial charge in [0.1, 0.15) is 22.5 Å². The molecule has 34 heavy (non-hydrogen) atoms. The van der Waals surface area contributed by atoms with Crippen molar-refractivity contribution in [1.29, 1.82) is 0 Å². The number of fused-ring (bicyclic) bond motifs is 2. The van der Waals surface area contributed by atoms with Gasteiger partial charge in [-0.1, -0.05) is 0 Å². The number of halogens is 1. The number of nitrogens with zero attached hydrogens (tertiary/aromatic N) is 3.